The third-order valence-corrected chi connectivity index (χ3v) is 4.06. The quantitative estimate of drug-likeness (QED) is 0.592. The predicted molar refractivity (Wildman–Crippen MR) is 90.5 cm³/mol. The lowest BCUT2D eigenvalue weighted by atomic mass is 9.89. The molecule has 0 aliphatic heterocycles. The average Bonchev–Trinajstić information content (AvgIpc) is 2.61. The largest absolute Gasteiger partial charge is 0.469 e. The number of esters is 1. The van der Waals surface area contributed by atoms with Crippen molar-refractivity contribution in [2.75, 3.05) is 7.11 Å². The van der Waals surface area contributed by atoms with Gasteiger partial charge in [0, 0.05) is 11.1 Å². The molecular formula is C20H22O3. The van der Waals surface area contributed by atoms with E-state index in [4.69, 9.17) is 4.74 Å². The summed E-state index contributed by atoms with van der Waals surface area (Å²) >= 11 is 0. The number of hydrogen-bond donors (Lipinski definition) is 0. The molecule has 3 heteroatoms. The molecule has 2 atom stereocenters. The second kappa shape index (κ2) is 7.73. The number of ketones is 1. The molecule has 0 heterocycles. The number of ether oxygens (including phenoxy) is 1. The molecule has 2 rings (SSSR count). The Bertz CT molecular complexity index is 676. The van der Waals surface area contributed by atoms with Crippen LogP contribution in [0.3, 0.4) is 0 Å². The summed E-state index contributed by atoms with van der Waals surface area (Å²) in [5.74, 6) is -0.176. The van der Waals surface area contributed by atoms with E-state index in [9.17, 15) is 9.59 Å². The van der Waals surface area contributed by atoms with E-state index in [1.54, 1.807) is 0 Å². The zero-order chi connectivity index (χ0) is 16.8. The number of methoxy groups -OCH3 is 1. The topological polar surface area (TPSA) is 43.4 Å². The van der Waals surface area contributed by atoms with Crippen molar-refractivity contribution >= 4 is 11.8 Å². The van der Waals surface area contributed by atoms with Crippen molar-refractivity contribution in [3.63, 3.8) is 0 Å². The van der Waals surface area contributed by atoms with Gasteiger partial charge in [-0.05, 0) is 24.0 Å². The first kappa shape index (κ1) is 16.9. The highest BCUT2D eigenvalue weighted by Gasteiger charge is 2.18. The van der Waals surface area contributed by atoms with E-state index >= 15 is 0 Å². The molecular weight excluding hydrogens is 288 g/mol. The fraction of sp³-hybridized carbons (Fsp3) is 0.300. The zero-order valence-electron chi connectivity index (χ0n) is 13.8. The maximum absolute atomic E-state index is 12.5. The monoisotopic (exact) mass is 310 g/mol. The van der Waals surface area contributed by atoms with Crippen molar-refractivity contribution in [1.82, 2.24) is 0 Å². The molecule has 0 N–H and O–H groups in total. The molecule has 0 saturated heterocycles. The molecule has 0 radical (unpaired) electrons. The maximum atomic E-state index is 12.5. The highest BCUT2D eigenvalue weighted by molar-refractivity contribution is 6.09. The van der Waals surface area contributed by atoms with Crippen LogP contribution in [-0.4, -0.2) is 18.9 Å². The summed E-state index contributed by atoms with van der Waals surface area (Å²) in [4.78, 5) is 24.1. The normalized spacial score (nSPS) is 13.2. The van der Waals surface area contributed by atoms with E-state index in [0.29, 0.717) is 17.5 Å². The van der Waals surface area contributed by atoms with Crippen LogP contribution in [0.25, 0.3) is 0 Å². The van der Waals surface area contributed by atoms with Crippen LogP contribution in [0.1, 0.15) is 47.7 Å². The van der Waals surface area contributed by atoms with Crippen LogP contribution in [0.15, 0.2) is 54.6 Å². The SMILES string of the molecule is COC(=O)C(C)CC(C)c1cccc(C(=O)c2ccccc2)c1. The van der Waals surface area contributed by atoms with Crippen molar-refractivity contribution in [1.29, 1.82) is 0 Å². The zero-order valence-corrected chi connectivity index (χ0v) is 13.8. The van der Waals surface area contributed by atoms with Crippen molar-refractivity contribution < 1.29 is 14.3 Å². The maximum Gasteiger partial charge on any atom is 0.308 e. The third-order valence-electron chi connectivity index (χ3n) is 4.06. The molecule has 2 unspecified atom stereocenters. The Labute approximate surface area is 137 Å². The first-order chi connectivity index (χ1) is 11.0. The summed E-state index contributed by atoms with van der Waals surface area (Å²) in [5, 5.41) is 0. The minimum atomic E-state index is -0.201. The van der Waals surface area contributed by atoms with Crippen LogP contribution in [-0.2, 0) is 9.53 Å². The van der Waals surface area contributed by atoms with Crippen LogP contribution in [0, 0.1) is 5.92 Å². The van der Waals surface area contributed by atoms with Crippen molar-refractivity contribution in [3.8, 4) is 0 Å². The molecule has 3 nitrogen and oxygen atoms in total. The number of carbonyl (C=O) groups excluding carboxylic acids is 2. The Hall–Kier alpha value is -2.42. The molecule has 0 aliphatic carbocycles. The van der Waals surface area contributed by atoms with Gasteiger partial charge in [0.2, 0.25) is 0 Å². The van der Waals surface area contributed by atoms with Gasteiger partial charge in [-0.15, -0.1) is 0 Å². The predicted octanol–water partition coefficient (Wildman–Crippen LogP) is 4.22. The van der Waals surface area contributed by atoms with Crippen molar-refractivity contribution in [3.05, 3.63) is 71.3 Å². The Morgan fingerprint density at radius 1 is 0.957 bits per heavy atom. The Balaban J connectivity index is 2.16. The van der Waals surface area contributed by atoms with Crippen molar-refractivity contribution in [2.24, 2.45) is 5.92 Å². The molecule has 0 bridgehead atoms. The standard InChI is InChI=1S/C20H22O3/c1-14(12-15(2)20(22)23-3)17-10-7-11-18(13-17)19(21)16-8-5-4-6-9-16/h4-11,13-15H,12H2,1-3H3. The van der Waals surface area contributed by atoms with E-state index in [1.165, 1.54) is 7.11 Å². The van der Waals surface area contributed by atoms with Gasteiger partial charge in [-0.1, -0.05) is 62.4 Å². The molecule has 0 amide bonds. The van der Waals surface area contributed by atoms with Gasteiger partial charge in [0.1, 0.15) is 0 Å². The fourth-order valence-corrected chi connectivity index (χ4v) is 2.71. The van der Waals surface area contributed by atoms with Gasteiger partial charge in [0.05, 0.1) is 13.0 Å². The molecule has 23 heavy (non-hydrogen) atoms. The average molecular weight is 310 g/mol. The minimum absolute atomic E-state index is 0.0145. The van der Waals surface area contributed by atoms with E-state index in [2.05, 4.69) is 6.92 Å². The fourth-order valence-electron chi connectivity index (χ4n) is 2.71. The van der Waals surface area contributed by atoms with Gasteiger partial charge < -0.3 is 4.74 Å². The summed E-state index contributed by atoms with van der Waals surface area (Å²) in [6.07, 6.45) is 0.690. The van der Waals surface area contributed by atoms with Gasteiger partial charge in [-0.25, -0.2) is 0 Å². The lowest BCUT2D eigenvalue weighted by Gasteiger charge is -2.16. The highest BCUT2D eigenvalue weighted by Crippen LogP contribution is 2.25. The lowest BCUT2D eigenvalue weighted by molar-refractivity contribution is -0.145. The van der Waals surface area contributed by atoms with E-state index in [1.807, 2.05) is 61.5 Å². The number of rotatable bonds is 6. The van der Waals surface area contributed by atoms with Gasteiger partial charge >= 0.3 is 5.97 Å². The number of benzene rings is 2. The number of carbonyl (C=O) groups is 2. The van der Waals surface area contributed by atoms with Crippen LogP contribution < -0.4 is 0 Å². The molecule has 0 aliphatic rings. The Morgan fingerprint density at radius 3 is 2.26 bits per heavy atom. The Kier molecular flexibility index (Phi) is 5.69. The third kappa shape index (κ3) is 4.28. The van der Waals surface area contributed by atoms with E-state index in [-0.39, 0.29) is 23.6 Å². The van der Waals surface area contributed by atoms with Gasteiger partial charge in [0.15, 0.2) is 5.78 Å². The van der Waals surface area contributed by atoms with E-state index in [0.717, 1.165) is 5.56 Å². The molecule has 0 saturated carbocycles. The lowest BCUT2D eigenvalue weighted by Crippen LogP contribution is -2.15. The summed E-state index contributed by atoms with van der Waals surface area (Å²) in [6.45, 7) is 3.92. The second-order valence-electron chi connectivity index (χ2n) is 5.88. The molecule has 2 aromatic carbocycles. The minimum Gasteiger partial charge on any atom is -0.469 e. The molecule has 120 valence electrons. The molecule has 0 spiro atoms. The summed E-state index contributed by atoms with van der Waals surface area (Å²) in [7, 11) is 1.41. The van der Waals surface area contributed by atoms with Gasteiger partial charge in [-0.2, -0.15) is 0 Å². The highest BCUT2D eigenvalue weighted by atomic mass is 16.5. The van der Waals surface area contributed by atoms with Crippen molar-refractivity contribution in [2.45, 2.75) is 26.2 Å². The van der Waals surface area contributed by atoms with Crippen LogP contribution in [0.5, 0.6) is 0 Å². The Morgan fingerprint density at radius 2 is 1.61 bits per heavy atom. The van der Waals surface area contributed by atoms with Crippen LogP contribution >= 0.6 is 0 Å². The van der Waals surface area contributed by atoms with Crippen LogP contribution in [0.2, 0.25) is 0 Å². The number of hydrogen-bond acceptors (Lipinski definition) is 3. The van der Waals surface area contributed by atoms with E-state index < -0.39 is 0 Å². The first-order valence-electron chi connectivity index (χ1n) is 7.80. The first-order valence-corrected chi connectivity index (χ1v) is 7.80. The summed E-state index contributed by atoms with van der Waals surface area (Å²) in [5.41, 5.74) is 2.41. The molecule has 0 fully saturated rings. The summed E-state index contributed by atoms with van der Waals surface area (Å²) < 4.78 is 4.78. The molecule has 2 aromatic rings. The summed E-state index contributed by atoms with van der Waals surface area (Å²) in [6, 6.07) is 16.9. The van der Waals surface area contributed by atoms with Gasteiger partial charge in [-0.3, -0.25) is 9.59 Å². The second-order valence-corrected chi connectivity index (χ2v) is 5.88. The smallest absolute Gasteiger partial charge is 0.308 e. The van der Waals surface area contributed by atoms with Crippen LogP contribution in [0.4, 0.5) is 0 Å². The van der Waals surface area contributed by atoms with Gasteiger partial charge in [0.25, 0.3) is 0 Å². The molecule has 0 aromatic heterocycles.